The van der Waals surface area contributed by atoms with E-state index in [4.69, 9.17) is 4.74 Å². The molecular formula is C12H18GeO2. The van der Waals surface area contributed by atoms with Crippen LogP contribution in [0.1, 0.15) is 24.2 Å². The van der Waals surface area contributed by atoms with E-state index in [2.05, 4.69) is 13.8 Å². The standard InChI is InChI=1S/C12H18GeO2/c1-4-13(5-2)12(14)10-8-6-7-9-11(10)15-3/h6-9,13H,4-5H2,1-3H3. The van der Waals surface area contributed by atoms with Gasteiger partial charge >= 0.3 is 95.5 Å². The molecule has 2 nitrogen and oxygen atoms in total. The fraction of sp³-hybridized carbons (Fsp3) is 0.417. The Kier molecular flexibility index (Phi) is 4.89. The van der Waals surface area contributed by atoms with E-state index in [0.717, 1.165) is 21.8 Å². The molecule has 0 saturated heterocycles. The maximum atomic E-state index is 12.2. The second-order valence-electron chi connectivity index (χ2n) is 3.58. The van der Waals surface area contributed by atoms with E-state index in [1.165, 1.54) is 0 Å². The molecule has 0 amide bonds. The van der Waals surface area contributed by atoms with E-state index in [1.54, 1.807) is 7.11 Å². The van der Waals surface area contributed by atoms with Gasteiger partial charge in [-0.2, -0.15) is 0 Å². The number of carbonyl (C=O) groups is 1. The topological polar surface area (TPSA) is 26.3 Å². The van der Waals surface area contributed by atoms with Crippen LogP contribution in [-0.2, 0) is 0 Å². The number of para-hydroxylation sites is 1. The summed E-state index contributed by atoms with van der Waals surface area (Å²) in [5.41, 5.74) is 0.786. The van der Waals surface area contributed by atoms with E-state index in [0.29, 0.717) is 4.62 Å². The fourth-order valence-corrected chi connectivity index (χ4v) is 5.92. The van der Waals surface area contributed by atoms with Gasteiger partial charge in [0.25, 0.3) is 0 Å². The summed E-state index contributed by atoms with van der Waals surface area (Å²) < 4.78 is 5.59. The van der Waals surface area contributed by atoms with Crippen LogP contribution in [0.5, 0.6) is 5.75 Å². The molecule has 0 radical (unpaired) electrons. The number of hydrogen-bond acceptors (Lipinski definition) is 2. The minimum atomic E-state index is -1.76. The van der Waals surface area contributed by atoms with Gasteiger partial charge in [-0.15, -0.1) is 0 Å². The van der Waals surface area contributed by atoms with Crippen LogP contribution in [0, 0.1) is 0 Å². The number of methoxy groups -OCH3 is 1. The second-order valence-corrected chi connectivity index (χ2v) is 11.0. The summed E-state index contributed by atoms with van der Waals surface area (Å²) in [6, 6.07) is 7.54. The van der Waals surface area contributed by atoms with Crippen LogP contribution in [0.3, 0.4) is 0 Å². The van der Waals surface area contributed by atoms with Crippen molar-refractivity contribution in [3.05, 3.63) is 29.8 Å². The Morgan fingerprint density at radius 1 is 1.27 bits per heavy atom. The van der Waals surface area contributed by atoms with Crippen molar-refractivity contribution in [1.29, 1.82) is 0 Å². The predicted octanol–water partition coefficient (Wildman–Crippen LogP) is 2.68. The SMILES string of the molecule is C[CH2][GeH]([CH2]C)[C](=O)c1ccccc1OC. The Labute approximate surface area is 95.7 Å². The molecule has 3 heteroatoms. The number of rotatable bonds is 5. The molecule has 0 aromatic heterocycles. The van der Waals surface area contributed by atoms with Gasteiger partial charge in [-0.1, -0.05) is 0 Å². The fourth-order valence-electron chi connectivity index (χ4n) is 1.73. The van der Waals surface area contributed by atoms with Gasteiger partial charge in [0.1, 0.15) is 0 Å². The van der Waals surface area contributed by atoms with Gasteiger partial charge in [0.2, 0.25) is 0 Å². The third-order valence-electron chi connectivity index (χ3n) is 2.73. The molecule has 0 N–H and O–H groups in total. The molecular weight excluding hydrogens is 249 g/mol. The molecule has 0 atom stereocenters. The van der Waals surface area contributed by atoms with Crippen LogP contribution in [0.4, 0.5) is 0 Å². The summed E-state index contributed by atoms with van der Waals surface area (Å²) >= 11 is -1.76. The van der Waals surface area contributed by atoms with Crippen molar-refractivity contribution in [3.8, 4) is 5.75 Å². The Morgan fingerprint density at radius 3 is 2.40 bits per heavy atom. The molecule has 0 unspecified atom stereocenters. The molecule has 0 heterocycles. The molecule has 0 spiro atoms. The van der Waals surface area contributed by atoms with Crippen molar-refractivity contribution in [2.45, 2.75) is 24.4 Å². The maximum absolute atomic E-state index is 12.2. The van der Waals surface area contributed by atoms with E-state index in [-0.39, 0.29) is 0 Å². The van der Waals surface area contributed by atoms with Crippen LogP contribution in [0.25, 0.3) is 0 Å². The van der Waals surface area contributed by atoms with Gasteiger partial charge in [-0.05, 0) is 0 Å². The van der Waals surface area contributed by atoms with E-state index < -0.39 is 14.3 Å². The Hall–Kier alpha value is -0.767. The molecule has 1 aromatic carbocycles. The van der Waals surface area contributed by atoms with Crippen molar-refractivity contribution in [2.75, 3.05) is 7.11 Å². The molecule has 82 valence electrons. The van der Waals surface area contributed by atoms with Gasteiger partial charge in [-0.3, -0.25) is 0 Å². The first-order valence-corrected chi connectivity index (χ1v) is 10.1. The zero-order valence-electron chi connectivity index (χ0n) is 9.62. The van der Waals surface area contributed by atoms with Gasteiger partial charge in [0, 0.05) is 0 Å². The summed E-state index contributed by atoms with van der Waals surface area (Å²) in [5.74, 6) is 0.722. The van der Waals surface area contributed by atoms with Crippen LogP contribution in [-0.4, -0.2) is 26.1 Å². The second kappa shape index (κ2) is 5.96. The van der Waals surface area contributed by atoms with Gasteiger partial charge < -0.3 is 0 Å². The molecule has 1 aromatic rings. The van der Waals surface area contributed by atoms with Gasteiger partial charge in [-0.25, -0.2) is 0 Å². The summed E-state index contributed by atoms with van der Waals surface area (Å²) in [5, 5.41) is 2.14. The average molecular weight is 267 g/mol. The first-order valence-electron chi connectivity index (χ1n) is 5.41. The quantitative estimate of drug-likeness (QED) is 0.766. The first-order chi connectivity index (χ1) is 7.24. The van der Waals surface area contributed by atoms with Crippen molar-refractivity contribution < 1.29 is 9.53 Å². The molecule has 0 aliphatic carbocycles. The zero-order valence-corrected chi connectivity index (χ0v) is 12.0. The van der Waals surface area contributed by atoms with Gasteiger partial charge in [0.15, 0.2) is 0 Å². The number of carbonyl (C=O) groups excluding carboxylic acids is 1. The molecule has 0 fully saturated rings. The number of hydrogen-bond donors (Lipinski definition) is 0. The summed E-state index contributed by atoms with van der Waals surface area (Å²) in [6.07, 6.45) is 0. The van der Waals surface area contributed by atoms with Crippen molar-refractivity contribution >= 4 is 19.0 Å². The predicted molar refractivity (Wildman–Crippen MR) is 65.4 cm³/mol. The molecule has 0 aliphatic heterocycles. The third-order valence-corrected chi connectivity index (χ3v) is 9.07. The zero-order chi connectivity index (χ0) is 11.3. The minimum absolute atomic E-state index is 0.380. The Balaban J connectivity index is 2.99. The average Bonchev–Trinajstić information content (AvgIpc) is 2.30. The molecule has 15 heavy (non-hydrogen) atoms. The molecule has 1 rings (SSSR count). The van der Waals surface area contributed by atoms with Crippen molar-refractivity contribution in [2.24, 2.45) is 0 Å². The monoisotopic (exact) mass is 268 g/mol. The van der Waals surface area contributed by atoms with Gasteiger partial charge in [0.05, 0.1) is 0 Å². The third kappa shape index (κ3) is 2.84. The van der Waals surface area contributed by atoms with Crippen LogP contribution in [0.2, 0.25) is 10.5 Å². The normalized spacial score (nSPS) is 10.4. The van der Waals surface area contributed by atoms with E-state index in [1.807, 2.05) is 24.3 Å². The summed E-state index contributed by atoms with van der Waals surface area (Å²) in [4.78, 5) is 12.2. The van der Waals surface area contributed by atoms with Crippen LogP contribution in [0.15, 0.2) is 24.3 Å². The van der Waals surface area contributed by atoms with Crippen molar-refractivity contribution in [3.63, 3.8) is 0 Å². The van der Waals surface area contributed by atoms with E-state index >= 15 is 0 Å². The number of benzene rings is 1. The first kappa shape index (κ1) is 12.3. The Morgan fingerprint density at radius 2 is 1.87 bits per heavy atom. The molecule has 0 aliphatic rings. The molecule has 0 bridgehead atoms. The summed E-state index contributed by atoms with van der Waals surface area (Å²) in [7, 11) is 1.62. The molecule has 0 saturated carbocycles. The Bertz CT molecular complexity index is 332. The van der Waals surface area contributed by atoms with Crippen molar-refractivity contribution in [1.82, 2.24) is 0 Å². The van der Waals surface area contributed by atoms with Crippen LogP contribution < -0.4 is 4.74 Å². The summed E-state index contributed by atoms with van der Waals surface area (Å²) in [6.45, 7) is 4.25. The van der Waals surface area contributed by atoms with E-state index in [9.17, 15) is 4.79 Å². The van der Waals surface area contributed by atoms with Crippen LogP contribution >= 0.6 is 0 Å². The number of ether oxygens (including phenoxy) is 1.